The van der Waals surface area contributed by atoms with Gasteiger partial charge in [-0.3, -0.25) is 83.4 Å². The molecular formula is C63H45F12N12O13PS6. The second-order valence-corrected chi connectivity index (χ2v) is 30.0. The molecule has 0 saturated heterocycles. The molecule has 107 heavy (non-hydrogen) atoms. The molecule has 9 heterocycles. The molecule has 9 aromatic heterocycles. The zero-order valence-corrected chi connectivity index (χ0v) is 60.8. The number of alkyl halides is 9. The predicted molar refractivity (Wildman–Crippen MR) is 369 cm³/mol. The molecule has 0 aliphatic heterocycles. The lowest BCUT2D eigenvalue weighted by Crippen LogP contribution is -2.36. The number of hydrogen-bond donors (Lipinski definition) is 0. The highest BCUT2D eigenvalue weighted by atomic mass is 32.1. The van der Waals surface area contributed by atoms with Crippen LogP contribution in [0.1, 0.15) is 33.4 Å². The fourth-order valence-corrected chi connectivity index (χ4v) is 17.9. The van der Waals surface area contributed by atoms with Crippen LogP contribution in [0.4, 0.5) is 52.7 Å². The first kappa shape index (κ1) is 76.8. The van der Waals surface area contributed by atoms with Gasteiger partial charge in [0, 0.05) is 75.1 Å². The molecule has 0 bridgehead atoms. The number of carbonyl (C=O) groups excluding carboxylic acids is 3. The summed E-state index contributed by atoms with van der Waals surface area (Å²) in [7, 11) is 1.84. The lowest BCUT2D eigenvalue weighted by atomic mass is 10.1. The summed E-state index contributed by atoms with van der Waals surface area (Å²) >= 11 is 4.43. The lowest BCUT2D eigenvalue weighted by molar-refractivity contribution is -0.140. The summed E-state index contributed by atoms with van der Waals surface area (Å²) in [4.78, 5) is 133. The van der Waals surface area contributed by atoms with Gasteiger partial charge in [-0.2, -0.15) is 54.5 Å². The highest BCUT2D eigenvalue weighted by molar-refractivity contribution is 7.48. The van der Waals surface area contributed by atoms with Gasteiger partial charge in [-0.05, 0) is 69.2 Å². The van der Waals surface area contributed by atoms with Crippen molar-refractivity contribution in [3.8, 4) is 33.8 Å². The molecule has 25 nitrogen and oxygen atoms in total. The number of phosphoric ester groups is 1. The number of benzene rings is 3. The van der Waals surface area contributed by atoms with Crippen molar-refractivity contribution < 1.29 is 85.2 Å². The van der Waals surface area contributed by atoms with Gasteiger partial charge in [0.15, 0.2) is 14.4 Å². The van der Waals surface area contributed by atoms with E-state index in [-0.39, 0.29) is 64.4 Å². The summed E-state index contributed by atoms with van der Waals surface area (Å²) < 4.78 is 216. The minimum atomic E-state index is -5.82. The zero-order chi connectivity index (χ0) is 77.6. The number of hydrogen-bond acceptors (Lipinski definition) is 19. The number of carbonyl (C=O) groups is 3. The summed E-state index contributed by atoms with van der Waals surface area (Å²) in [5.41, 5.74) is -11.7. The van der Waals surface area contributed by atoms with E-state index in [9.17, 15) is 82.7 Å². The van der Waals surface area contributed by atoms with Crippen LogP contribution in [0.3, 0.4) is 0 Å². The molecule has 0 atom stereocenters. The highest BCUT2D eigenvalue weighted by Gasteiger charge is 2.38. The van der Waals surface area contributed by atoms with E-state index in [1.807, 2.05) is 0 Å². The molecule has 12 rings (SSSR count). The number of thiazole rings is 3. The van der Waals surface area contributed by atoms with Crippen LogP contribution in [0.25, 0.3) is 64.4 Å². The monoisotopic (exact) mass is 1630 g/mol. The molecule has 3 amide bonds. The van der Waals surface area contributed by atoms with E-state index in [4.69, 9.17) is 13.6 Å². The van der Waals surface area contributed by atoms with Gasteiger partial charge in [0.25, 0.3) is 34.4 Å². The minimum Gasteiger partial charge on any atom is -0.292 e. The van der Waals surface area contributed by atoms with E-state index < -0.39 is 183 Å². The van der Waals surface area contributed by atoms with E-state index >= 15 is 17.7 Å². The molecule has 0 spiro atoms. The van der Waals surface area contributed by atoms with Crippen LogP contribution in [0, 0.1) is 17.5 Å². The third-order valence-corrected chi connectivity index (χ3v) is 23.8. The van der Waals surface area contributed by atoms with Crippen molar-refractivity contribution in [3.05, 3.63) is 215 Å². The van der Waals surface area contributed by atoms with Gasteiger partial charge in [0.05, 0.1) is 69.2 Å². The van der Waals surface area contributed by atoms with Gasteiger partial charge in [-0.15, -0.1) is 68.0 Å². The predicted octanol–water partition coefficient (Wildman–Crippen LogP) is 10.0. The average Bonchev–Trinajstić information content (AvgIpc) is 1.67. The molecule has 0 fully saturated rings. The average molecular weight is 1630 g/mol. The molecule has 0 aliphatic rings. The van der Waals surface area contributed by atoms with E-state index in [0.717, 1.165) is 109 Å². The maximum atomic E-state index is 16.1. The summed E-state index contributed by atoms with van der Waals surface area (Å²) in [5, 5.41) is 7.42. The summed E-state index contributed by atoms with van der Waals surface area (Å²) in [6, 6.07) is 4.75. The normalized spacial score (nSPS) is 13.5. The quantitative estimate of drug-likeness (QED) is 0.0571. The molecule has 12 aromatic rings. The van der Waals surface area contributed by atoms with Gasteiger partial charge >= 0.3 is 43.4 Å². The Morgan fingerprint density at radius 1 is 0.393 bits per heavy atom. The molecule has 0 radical (unpaired) electrons. The SMILES string of the molecule is Cn1c(=O)c2c(CC(=O)N=c3scc(-c4ccc(C(F)(F)F)c(F)c4)n3COP(=O)(OCn3c(-c4ccc(C(F)(F)F)c(F)c4)csc3=NC(=O)Cc3csc4c3c(=O)n(C)c(=O)n4C)OCn3c(-c4ccc(C(F)(F)F)c(F)c4)csc3=NC(=O)Cc3csc4c3c(=O)n(C)c(=O)n4C)csc2n(C)c1=O. The number of rotatable bonds is 18. The number of nitrogens with zero attached hydrogens (tertiary/aromatic N) is 12. The van der Waals surface area contributed by atoms with Gasteiger partial charge in [0.1, 0.15) is 52.1 Å². The van der Waals surface area contributed by atoms with Gasteiger partial charge in [-0.1, -0.05) is 18.2 Å². The van der Waals surface area contributed by atoms with Crippen molar-refractivity contribution >= 4 is 124 Å². The summed E-state index contributed by atoms with van der Waals surface area (Å²) in [5.74, 6) is -8.65. The number of thiophene rings is 3. The lowest BCUT2D eigenvalue weighted by Gasteiger charge is -2.21. The summed E-state index contributed by atoms with van der Waals surface area (Å²) in [6.45, 7) is -3.93. The van der Waals surface area contributed by atoms with Crippen LogP contribution in [0.15, 0.2) is 131 Å². The largest absolute Gasteiger partial charge is 0.480 e. The Morgan fingerprint density at radius 2 is 0.645 bits per heavy atom. The molecular weight excluding hydrogens is 1580 g/mol. The first-order valence-corrected chi connectivity index (χ1v) is 36.9. The van der Waals surface area contributed by atoms with E-state index in [1.165, 1.54) is 58.4 Å². The molecule has 0 N–H and O–H groups in total. The van der Waals surface area contributed by atoms with Crippen LogP contribution in [0.2, 0.25) is 0 Å². The van der Waals surface area contributed by atoms with Crippen molar-refractivity contribution in [2.24, 2.45) is 57.3 Å². The van der Waals surface area contributed by atoms with Crippen LogP contribution >= 0.6 is 75.8 Å². The van der Waals surface area contributed by atoms with Crippen LogP contribution < -0.4 is 48.2 Å². The van der Waals surface area contributed by atoms with Crippen LogP contribution in [-0.2, 0) is 133 Å². The first-order chi connectivity index (χ1) is 50.2. The maximum absolute atomic E-state index is 16.1. The number of aryl methyl sites for hydroxylation is 3. The van der Waals surface area contributed by atoms with Crippen LogP contribution in [0.5, 0.6) is 0 Å². The number of halogens is 12. The summed E-state index contributed by atoms with van der Waals surface area (Å²) in [6.07, 6.45) is -17.7. The smallest absolute Gasteiger partial charge is 0.292 e. The fourth-order valence-electron chi connectivity index (χ4n) is 11.1. The second-order valence-electron chi connectivity index (χ2n) is 23.3. The Kier molecular flexibility index (Phi) is 20.8. The highest BCUT2D eigenvalue weighted by Crippen LogP contribution is 2.51. The number of aromatic nitrogens is 9. The fraction of sp³-hybridized carbons (Fsp3) is 0.238. The van der Waals surface area contributed by atoms with E-state index in [0.29, 0.717) is 70.4 Å². The van der Waals surface area contributed by atoms with E-state index in [1.54, 1.807) is 0 Å². The van der Waals surface area contributed by atoms with E-state index in [2.05, 4.69) is 15.0 Å². The zero-order valence-electron chi connectivity index (χ0n) is 55.0. The van der Waals surface area contributed by atoms with Crippen molar-refractivity contribution in [2.45, 2.75) is 58.0 Å². The number of phosphoric acid groups is 1. The molecule has 0 saturated carbocycles. The van der Waals surface area contributed by atoms with Crippen molar-refractivity contribution in [3.63, 3.8) is 0 Å². The topological polar surface area (TPSA) is 280 Å². The third kappa shape index (κ3) is 14.9. The Labute approximate surface area is 610 Å². The Hall–Kier alpha value is -9.85. The van der Waals surface area contributed by atoms with Crippen molar-refractivity contribution in [1.29, 1.82) is 0 Å². The molecule has 44 heteroatoms. The Balaban J connectivity index is 1.01. The third-order valence-electron chi connectivity index (χ3n) is 16.6. The Morgan fingerprint density at radius 3 is 0.879 bits per heavy atom. The van der Waals surface area contributed by atoms with Crippen LogP contribution in [-0.4, -0.2) is 58.8 Å². The van der Waals surface area contributed by atoms with Gasteiger partial charge in [-0.25, -0.2) is 32.1 Å². The van der Waals surface area contributed by atoms with Gasteiger partial charge < -0.3 is 0 Å². The minimum absolute atomic E-state index is 0.0536. The van der Waals surface area contributed by atoms with Crippen molar-refractivity contribution in [2.75, 3.05) is 0 Å². The molecule has 3 aromatic carbocycles. The first-order valence-electron chi connectivity index (χ1n) is 30.2. The molecule has 0 aliphatic carbocycles. The van der Waals surface area contributed by atoms with Gasteiger partial charge in [0.2, 0.25) is 0 Å². The standard InChI is InChI=1S/C63H45F12N12O13PS6/c1-79-49(91)46-31(19-102-52(46)82(4)58(79)94)16-43(88)76-55-85(40(22-105-55)28-7-10-34(37(64)13-28)61(67,68)69)25-98-101(97,99-26-86-41(29-8-11-35(38(65)14-29)62(70,71)72)23-106-56(86)77-44(89)17-32-20-103-53-47(32)50(92)80(2)59(95)83(53)5)100-27-87-42(30-9-12-36(39(66)15-30)63(73,74)75)24-107-57(87)78-45(90)18-33-21-104-54-48(33)51(93)81(3)60(96)84(54)6/h7-15,19-24H,16-18,25-27H2,1-6H3. The maximum Gasteiger partial charge on any atom is 0.480 e. The Bertz CT molecular complexity index is 5800. The molecule has 0 unspecified atom stereocenters. The second kappa shape index (κ2) is 29.0. The van der Waals surface area contributed by atoms with Crippen molar-refractivity contribution in [1.82, 2.24) is 41.1 Å². The number of amides is 3. The number of fused-ring (bicyclic) bond motifs is 3. The molecule has 560 valence electrons.